The molecular weight excluding hydrogens is 210 g/mol. The van der Waals surface area contributed by atoms with Gasteiger partial charge in [-0.1, -0.05) is 0 Å². The number of carboxylic acids is 3. The van der Waals surface area contributed by atoms with Crippen molar-refractivity contribution in [2.75, 3.05) is 0 Å². The standard InChI is InChI=1S/C7H7NO7/c9-4(10)2-1-3(6(12)13)8-5(11)7(14)15/h1H,2H2,(H,8,11)(H,9,10)(H,12,13)(H,14,15)/b3-1+. The molecule has 4 N–H and O–H groups in total. The van der Waals surface area contributed by atoms with Crippen LogP contribution < -0.4 is 5.32 Å². The van der Waals surface area contributed by atoms with Gasteiger partial charge in [0, 0.05) is 0 Å². The zero-order valence-corrected chi connectivity index (χ0v) is 7.26. The third-order valence-corrected chi connectivity index (χ3v) is 1.15. The molecule has 0 heterocycles. The highest BCUT2D eigenvalue weighted by atomic mass is 16.4. The summed E-state index contributed by atoms with van der Waals surface area (Å²) in [5, 5.41) is 26.3. The Morgan fingerprint density at radius 1 is 1.00 bits per heavy atom. The van der Waals surface area contributed by atoms with Crippen molar-refractivity contribution in [3.8, 4) is 0 Å². The van der Waals surface area contributed by atoms with Gasteiger partial charge in [0.2, 0.25) is 0 Å². The summed E-state index contributed by atoms with van der Waals surface area (Å²) < 4.78 is 0. The van der Waals surface area contributed by atoms with Crippen molar-refractivity contribution < 1.29 is 34.5 Å². The second kappa shape index (κ2) is 5.37. The molecular formula is C7H7NO7. The molecule has 8 nitrogen and oxygen atoms in total. The first-order valence-corrected chi connectivity index (χ1v) is 3.54. The van der Waals surface area contributed by atoms with E-state index in [4.69, 9.17) is 15.3 Å². The van der Waals surface area contributed by atoms with Crippen molar-refractivity contribution in [1.29, 1.82) is 0 Å². The first-order valence-electron chi connectivity index (χ1n) is 3.54. The Morgan fingerprint density at radius 3 is 1.87 bits per heavy atom. The SMILES string of the molecule is O=C(O)C/C=C(/NC(=O)C(=O)O)C(=O)O. The van der Waals surface area contributed by atoms with Gasteiger partial charge in [0.05, 0.1) is 6.42 Å². The van der Waals surface area contributed by atoms with Crippen LogP contribution in [0.15, 0.2) is 11.8 Å². The molecule has 0 aromatic carbocycles. The third-order valence-electron chi connectivity index (χ3n) is 1.15. The maximum Gasteiger partial charge on any atom is 0.394 e. The second-order valence-electron chi connectivity index (χ2n) is 2.28. The molecule has 82 valence electrons. The Balaban J connectivity index is 4.62. The zero-order valence-electron chi connectivity index (χ0n) is 7.26. The van der Waals surface area contributed by atoms with Crippen LogP contribution in [0.2, 0.25) is 0 Å². The highest BCUT2D eigenvalue weighted by Crippen LogP contribution is 1.93. The number of hydrogen-bond donors (Lipinski definition) is 4. The summed E-state index contributed by atoms with van der Waals surface area (Å²) in [6.07, 6.45) is 0.0486. The average Bonchev–Trinajstić information content (AvgIpc) is 2.10. The molecule has 8 heteroatoms. The molecule has 0 aliphatic carbocycles. The number of hydrogen-bond acceptors (Lipinski definition) is 4. The molecule has 0 radical (unpaired) electrons. The van der Waals surface area contributed by atoms with E-state index in [1.54, 1.807) is 0 Å². The fourth-order valence-corrected chi connectivity index (χ4v) is 0.557. The average molecular weight is 217 g/mol. The molecule has 0 spiro atoms. The summed E-state index contributed by atoms with van der Waals surface area (Å²) in [5.41, 5.74) is -0.787. The fraction of sp³-hybridized carbons (Fsp3) is 0.143. The van der Waals surface area contributed by atoms with Crippen LogP contribution in [0.4, 0.5) is 0 Å². The van der Waals surface area contributed by atoms with Crippen molar-refractivity contribution in [3.05, 3.63) is 11.8 Å². The smallest absolute Gasteiger partial charge is 0.394 e. The van der Waals surface area contributed by atoms with Crippen LogP contribution in [0.3, 0.4) is 0 Å². The van der Waals surface area contributed by atoms with Gasteiger partial charge < -0.3 is 20.6 Å². The summed E-state index contributed by atoms with van der Waals surface area (Å²) in [6, 6.07) is 0. The molecule has 0 saturated heterocycles. The minimum absolute atomic E-state index is 0.637. The summed E-state index contributed by atoms with van der Waals surface area (Å²) in [5.74, 6) is -6.34. The fourth-order valence-electron chi connectivity index (χ4n) is 0.557. The lowest BCUT2D eigenvalue weighted by atomic mass is 10.3. The van der Waals surface area contributed by atoms with Crippen LogP contribution in [0.25, 0.3) is 0 Å². The molecule has 0 saturated carbocycles. The largest absolute Gasteiger partial charge is 0.481 e. The summed E-state index contributed by atoms with van der Waals surface area (Å²) in [4.78, 5) is 41.1. The van der Waals surface area contributed by atoms with Crippen LogP contribution in [0.1, 0.15) is 6.42 Å². The number of carbonyl (C=O) groups excluding carboxylic acids is 1. The van der Waals surface area contributed by atoms with Crippen LogP contribution in [-0.2, 0) is 19.2 Å². The molecule has 1 amide bonds. The van der Waals surface area contributed by atoms with Crippen LogP contribution in [-0.4, -0.2) is 39.1 Å². The van der Waals surface area contributed by atoms with E-state index in [1.807, 2.05) is 0 Å². The Kier molecular flexibility index (Phi) is 4.52. The zero-order chi connectivity index (χ0) is 12.0. The van der Waals surface area contributed by atoms with E-state index in [2.05, 4.69) is 0 Å². The molecule has 15 heavy (non-hydrogen) atoms. The highest BCUT2D eigenvalue weighted by molar-refractivity contribution is 6.32. The summed E-state index contributed by atoms with van der Waals surface area (Å²) in [6.45, 7) is 0. The predicted molar refractivity (Wildman–Crippen MR) is 43.8 cm³/mol. The van der Waals surface area contributed by atoms with E-state index in [0.717, 1.165) is 0 Å². The molecule has 0 atom stereocenters. The summed E-state index contributed by atoms with van der Waals surface area (Å²) >= 11 is 0. The molecule has 0 fully saturated rings. The number of carbonyl (C=O) groups is 4. The lowest BCUT2D eigenvalue weighted by Gasteiger charge is -2.01. The molecule has 0 aliphatic rings. The lowest BCUT2D eigenvalue weighted by molar-refractivity contribution is -0.150. The number of aliphatic carboxylic acids is 3. The maximum atomic E-state index is 10.5. The Hall–Kier alpha value is -2.38. The molecule has 0 aromatic heterocycles. The van der Waals surface area contributed by atoms with Gasteiger partial charge >= 0.3 is 23.8 Å². The first-order chi connectivity index (χ1) is 6.84. The van der Waals surface area contributed by atoms with E-state index in [0.29, 0.717) is 6.08 Å². The van der Waals surface area contributed by atoms with Gasteiger partial charge in [-0.05, 0) is 6.08 Å². The van der Waals surface area contributed by atoms with Gasteiger partial charge in [0.25, 0.3) is 0 Å². The first kappa shape index (κ1) is 12.6. The Bertz CT molecular complexity index is 343. The van der Waals surface area contributed by atoms with E-state index in [1.165, 1.54) is 5.32 Å². The molecule has 0 rings (SSSR count). The number of amides is 1. The van der Waals surface area contributed by atoms with E-state index < -0.39 is 35.9 Å². The Labute approximate surface area is 82.8 Å². The third kappa shape index (κ3) is 5.03. The predicted octanol–water partition coefficient (Wildman–Crippen LogP) is -1.37. The topological polar surface area (TPSA) is 141 Å². The van der Waals surface area contributed by atoms with Gasteiger partial charge in [0.1, 0.15) is 5.70 Å². The van der Waals surface area contributed by atoms with Crippen LogP contribution in [0.5, 0.6) is 0 Å². The van der Waals surface area contributed by atoms with Crippen molar-refractivity contribution in [2.45, 2.75) is 6.42 Å². The summed E-state index contributed by atoms with van der Waals surface area (Å²) in [7, 11) is 0. The van der Waals surface area contributed by atoms with Gasteiger partial charge in [-0.2, -0.15) is 0 Å². The maximum absolute atomic E-state index is 10.5. The van der Waals surface area contributed by atoms with Crippen molar-refractivity contribution >= 4 is 23.8 Å². The molecule has 0 unspecified atom stereocenters. The van der Waals surface area contributed by atoms with Crippen LogP contribution in [0, 0.1) is 0 Å². The van der Waals surface area contributed by atoms with E-state index in [9.17, 15) is 19.2 Å². The monoisotopic (exact) mass is 217 g/mol. The van der Waals surface area contributed by atoms with Crippen LogP contribution >= 0.6 is 0 Å². The van der Waals surface area contributed by atoms with E-state index >= 15 is 0 Å². The number of rotatable bonds is 4. The lowest BCUT2D eigenvalue weighted by Crippen LogP contribution is -2.33. The molecule has 0 aliphatic heterocycles. The second-order valence-corrected chi connectivity index (χ2v) is 2.28. The molecule has 0 aromatic rings. The van der Waals surface area contributed by atoms with Gasteiger partial charge in [-0.3, -0.25) is 9.59 Å². The van der Waals surface area contributed by atoms with Crippen molar-refractivity contribution in [1.82, 2.24) is 5.32 Å². The van der Waals surface area contributed by atoms with Gasteiger partial charge in [-0.15, -0.1) is 0 Å². The number of carboxylic acid groups (broad SMARTS) is 3. The Morgan fingerprint density at radius 2 is 1.53 bits per heavy atom. The van der Waals surface area contributed by atoms with Crippen molar-refractivity contribution in [2.24, 2.45) is 0 Å². The van der Waals surface area contributed by atoms with E-state index in [-0.39, 0.29) is 0 Å². The quantitative estimate of drug-likeness (QED) is 0.336. The minimum Gasteiger partial charge on any atom is -0.481 e. The minimum atomic E-state index is -1.86. The normalized spacial score (nSPS) is 10.5. The van der Waals surface area contributed by atoms with Gasteiger partial charge in [-0.25, -0.2) is 9.59 Å². The highest BCUT2D eigenvalue weighted by Gasteiger charge is 2.16. The molecule has 0 bridgehead atoms. The van der Waals surface area contributed by atoms with Crippen molar-refractivity contribution in [3.63, 3.8) is 0 Å². The van der Waals surface area contributed by atoms with Gasteiger partial charge in [0.15, 0.2) is 0 Å². The number of nitrogens with one attached hydrogen (secondary N) is 1.